The van der Waals surface area contributed by atoms with E-state index in [2.05, 4.69) is 15.5 Å². The summed E-state index contributed by atoms with van der Waals surface area (Å²) in [5.74, 6) is -0.407. The molecule has 3 rings (SSSR count). The van der Waals surface area contributed by atoms with Crippen molar-refractivity contribution < 1.29 is 31.2 Å². The second-order valence-electron chi connectivity index (χ2n) is 8.34. The first-order valence-corrected chi connectivity index (χ1v) is 14.4. The third-order valence-electron chi connectivity index (χ3n) is 5.71. The summed E-state index contributed by atoms with van der Waals surface area (Å²) in [5, 5.41) is 11.0. The standard InChI is InChI=1S/C25H28F3N5O4S2/c1-4-32(5-2)39(36,37)21-11-9-18(10-12-21)22(35)16-38-24-31-30-23(13-14-29-17(3)34)33(24)20-8-6-7-19(15-20)25(26,27)28/h6-12,15H,4-5,13-14,16H2,1-3H3,(H,29,34). The summed E-state index contributed by atoms with van der Waals surface area (Å²) < 4.78 is 68.2. The van der Waals surface area contributed by atoms with Gasteiger partial charge in [0.25, 0.3) is 0 Å². The molecule has 0 atom stereocenters. The van der Waals surface area contributed by atoms with Crippen LogP contribution in [0.2, 0.25) is 0 Å². The SMILES string of the molecule is CCN(CC)S(=O)(=O)c1ccc(C(=O)CSc2nnc(CCNC(C)=O)n2-c2cccc(C(F)(F)F)c2)cc1. The number of hydrogen-bond donors (Lipinski definition) is 1. The zero-order chi connectivity index (χ0) is 28.8. The number of benzene rings is 2. The Balaban J connectivity index is 1.84. The molecule has 210 valence electrons. The van der Waals surface area contributed by atoms with Gasteiger partial charge in [0.15, 0.2) is 10.9 Å². The van der Waals surface area contributed by atoms with Gasteiger partial charge in [0, 0.05) is 44.2 Å². The van der Waals surface area contributed by atoms with Crippen molar-refractivity contribution in [2.24, 2.45) is 0 Å². The molecule has 0 radical (unpaired) electrons. The van der Waals surface area contributed by atoms with Crippen LogP contribution in [0.15, 0.2) is 58.6 Å². The topological polar surface area (TPSA) is 114 Å². The lowest BCUT2D eigenvalue weighted by Crippen LogP contribution is -2.30. The molecule has 0 unspecified atom stereocenters. The Morgan fingerprint density at radius 1 is 1.05 bits per heavy atom. The molecule has 1 aromatic heterocycles. The van der Waals surface area contributed by atoms with E-state index in [4.69, 9.17) is 0 Å². The Morgan fingerprint density at radius 3 is 2.31 bits per heavy atom. The van der Waals surface area contributed by atoms with Gasteiger partial charge in [-0.05, 0) is 30.3 Å². The minimum absolute atomic E-state index is 0.0727. The van der Waals surface area contributed by atoms with Crippen LogP contribution in [0.4, 0.5) is 13.2 Å². The summed E-state index contributed by atoms with van der Waals surface area (Å²) in [4.78, 5) is 24.2. The first-order chi connectivity index (χ1) is 18.4. The van der Waals surface area contributed by atoms with E-state index in [0.29, 0.717) is 18.9 Å². The predicted octanol–water partition coefficient (Wildman–Crippen LogP) is 3.97. The minimum atomic E-state index is -4.56. The number of rotatable bonds is 12. The van der Waals surface area contributed by atoms with E-state index in [9.17, 15) is 31.2 Å². The first kappa shape index (κ1) is 30.3. The zero-order valence-corrected chi connectivity index (χ0v) is 23.2. The van der Waals surface area contributed by atoms with Crippen molar-refractivity contribution in [2.45, 2.75) is 43.4 Å². The Bertz CT molecular complexity index is 1420. The molecule has 0 saturated heterocycles. The van der Waals surface area contributed by atoms with Crippen molar-refractivity contribution in [3.63, 3.8) is 0 Å². The minimum Gasteiger partial charge on any atom is -0.356 e. The van der Waals surface area contributed by atoms with Crippen LogP contribution in [-0.4, -0.2) is 64.6 Å². The van der Waals surface area contributed by atoms with E-state index in [1.807, 2.05) is 0 Å². The number of Topliss-reactive ketones (excluding diaryl/α,β-unsaturated/α-hetero) is 1. The summed E-state index contributed by atoms with van der Waals surface area (Å²) >= 11 is 0.985. The van der Waals surface area contributed by atoms with Gasteiger partial charge < -0.3 is 5.32 Å². The Kier molecular flexibility index (Phi) is 9.91. The third kappa shape index (κ3) is 7.46. The van der Waals surface area contributed by atoms with Gasteiger partial charge in [0.05, 0.1) is 16.2 Å². The number of sulfonamides is 1. The van der Waals surface area contributed by atoms with Gasteiger partial charge in [-0.2, -0.15) is 17.5 Å². The lowest BCUT2D eigenvalue weighted by Gasteiger charge is -2.18. The maximum absolute atomic E-state index is 13.4. The quantitative estimate of drug-likeness (QED) is 0.254. The molecule has 1 amide bonds. The maximum atomic E-state index is 13.4. The van der Waals surface area contributed by atoms with E-state index in [1.54, 1.807) is 13.8 Å². The lowest BCUT2D eigenvalue weighted by molar-refractivity contribution is -0.137. The number of thioether (sulfide) groups is 1. The summed E-state index contributed by atoms with van der Waals surface area (Å²) in [6, 6.07) is 10.3. The van der Waals surface area contributed by atoms with Crippen LogP contribution in [0.3, 0.4) is 0 Å². The highest BCUT2D eigenvalue weighted by molar-refractivity contribution is 7.99. The molecule has 0 aliphatic heterocycles. The molecule has 0 aliphatic rings. The summed E-state index contributed by atoms with van der Waals surface area (Å²) in [7, 11) is -3.67. The van der Waals surface area contributed by atoms with Gasteiger partial charge in [-0.25, -0.2) is 8.42 Å². The molecule has 2 aromatic carbocycles. The Morgan fingerprint density at radius 2 is 1.72 bits per heavy atom. The fourth-order valence-electron chi connectivity index (χ4n) is 3.73. The Labute approximate surface area is 228 Å². The largest absolute Gasteiger partial charge is 0.416 e. The van der Waals surface area contributed by atoms with Crippen LogP contribution in [0.5, 0.6) is 0 Å². The zero-order valence-electron chi connectivity index (χ0n) is 21.5. The summed E-state index contributed by atoms with van der Waals surface area (Å²) in [6.45, 7) is 5.64. The molecular formula is C25H28F3N5O4S2. The van der Waals surface area contributed by atoms with Crippen molar-refractivity contribution in [1.29, 1.82) is 0 Å². The summed E-state index contributed by atoms with van der Waals surface area (Å²) in [5.41, 5.74) is -0.418. The fourth-order valence-corrected chi connectivity index (χ4v) is 6.05. The lowest BCUT2D eigenvalue weighted by atomic mass is 10.1. The van der Waals surface area contributed by atoms with Crippen molar-refractivity contribution in [3.05, 3.63) is 65.5 Å². The number of alkyl halides is 3. The van der Waals surface area contributed by atoms with Crippen LogP contribution >= 0.6 is 11.8 Å². The molecule has 0 spiro atoms. The van der Waals surface area contributed by atoms with Crippen molar-refractivity contribution in [3.8, 4) is 5.69 Å². The van der Waals surface area contributed by atoms with Gasteiger partial charge in [-0.15, -0.1) is 10.2 Å². The monoisotopic (exact) mass is 583 g/mol. The number of carbonyl (C=O) groups is 2. The number of carbonyl (C=O) groups excluding carboxylic acids is 2. The average Bonchev–Trinajstić information content (AvgIpc) is 3.30. The average molecular weight is 584 g/mol. The van der Waals surface area contributed by atoms with Gasteiger partial charge in [-0.3, -0.25) is 14.2 Å². The van der Waals surface area contributed by atoms with Gasteiger partial charge in [0.1, 0.15) is 5.82 Å². The third-order valence-corrected chi connectivity index (χ3v) is 8.70. The fraction of sp³-hybridized carbons (Fsp3) is 0.360. The van der Waals surface area contributed by atoms with E-state index in [1.165, 1.54) is 52.2 Å². The maximum Gasteiger partial charge on any atom is 0.416 e. The first-order valence-electron chi connectivity index (χ1n) is 12.0. The molecule has 0 saturated carbocycles. The second kappa shape index (κ2) is 12.7. The number of amides is 1. The predicted molar refractivity (Wildman–Crippen MR) is 140 cm³/mol. The van der Waals surface area contributed by atoms with E-state index in [0.717, 1.165) is 23.9 Å². The molecule has 0 aliphatic carbocycles. The molecule has 9 nitrogen and oxygen atoms in total. The number of aromatic nitrogens is 3. The number of nitrogens with zero attached hydrogens (tertiary/aromatic N) is 4. The van der Waals surface area contributed by atoms with Crippen LogP contribution in [0.25, 0.3) is 5.69 Å². The molecule has 14 heteroatoms. The van der Waals surface area contributed by atoms with Gasteiger partial charge >= 0.3 is 6.18 Å². The molecule has 1 heterocycles. The van der Waals surface area contributed by atoms with E-state index < -0.39 is 21.8 Å². The van der Waals surface area contributed by atoms with Gasteiger partial charge in [0.2, 0.25) is 15.9 Å². The molecule has 39 heavy (non-hydrogen) atoms. The van der Waals surface area contributed by atoms with Crippen molar-refractivity contribution in [2.75, 3.05) is 25.4 Å². The molecule has 0 bridgehead atoms. The number of halogens is 3. The Hall–Kier alpha value is -3.23. The highest BCUT2D eigenvalue weighted by atomic mass is 32.2. The van der Waals surface area contributed by atoms with Gasteiger partial charge in [-0.1, -0.05) is 43.8 Å². The molecule has 3 aromatic rings. The number of hydrogen-bond acceptors (Lipinski definition) is 7. The van der Waals surface area contributed by atoms with Crippen molar-refractivity contribution >= 4 is 33.5 Å². The molecule has 0 fully saturated rings. The van der Waals surface area contributed by atoms with Crippen molar-refractivity contribution in [1.82, 2.24) is 24.4 Å². The van der Waals surface area contributed by atoms with Crippen LogP contribution < -0.4 is 5.32 Å². The molecular weight excluding hydrogens is 555 g/mol. The molecule has 1 N–H and O–H groups in total. The highest BCUT2D eigenvalue weighted by Crippen LogP contribution is 2.32. The van der Waals surface area contributed by atoms with E-state index >= 15 is 0 Å². The smallest absolute Gasteiger partial charge is 0.356 e. The number of ketones is 1. The number of nitrogens with one attached hydrogen (secondary N) is 1. The van der Waals surface area contributed by atoms with E-state index in [-0.39, 0.29) is 51.7 Å². The second-order valence-corrected chi connectivity index (χ2v) is 11.2. The van der Waals surface area contributed by atoms with Crippen LogP contribution in [0.1, 0.15) is 42.5 Å². The summed E-state index contributed by atoms with van der Waals surface area (Å²) in [6.07, 6.45) is -4.37. The normalized spacial score (nSPS) is 12.1. The van der Waals surface area contributed by atoms with Crippen LogP contribution in [-0.2, 0) is 27.4 Å². The highest BCUT2D eigenvalue weighted by Gasteiger charge is 2.31. The van der Waals surface area contributed by atoms with Crippen LogP contribution in [0, 0.1) is 0 Å².